The highest BCUT2D eigenvalue weighted by atomic mass is 16.5. The minimum Gasteiger partial charge on any atom is -0.480 e. The van der Waals surface area contributed by atoms with Gasteiger partial charge in [-0.05, 0) is 0 Å². The molecule has 0 bridgehead atoms. The van der Waals surface area contributed by atoms with Crippen molar-refractivity contribution in [2.75, 3.05) is 6.54 Å². The number of carboxylic acid groups (broad SMARTS) is 1. The maximum absolute atomic E-state index is 10.4. The number of aliphatic carboxylic acids is 1. The molecule has 0 aliphatic carbocycles. The molecule has 2 atom stereocenters. The summed E-state index contributed by atoms with van der Waals surface area (Å²) >= 11 is 0. The molecule has 0 fully saturated rings. The molecule has 0 aromatic heterocycles. The third-order valence-electron chi connectivity index (χ3n) is 1.81. The minimum atomic E-state index is -1.85. The van der Waals surface area contributed by atoms with E-state index in [1.165, 1.54) is 0 Å². The second kappa shape index (κ2) is 3.40. The first kappa shape index (κ1) is 10.7. The highest BCUT2D eigenvalue weighted by Crippen LogP contribution is 2.21. The van der Waals surface area contributed by atoms with Gasteiger partial charge in [-0.2, -0.15) is 4.99 Å². The van der Waals surface area contributed by atoms with Gasteiger partial charge in [0.25, 0.3) is 0 Å². The van der Waals surface area contributed by atoms with Crippen molar-refractivity contribution >= 4 is 12.0 Å². The Bertz CT molecular complexity index is 281. The summed E-state index contributed by atoms with van der Waals surface area (Å²) in [6, 6.07) is -2.06. The minimum absolute atomic E-state index is 0.314. The number of aliphatic hydroxyl groups excluding tert-OH is 1. The molecule has 8 heteroatoms. The number of rotatable bonds is 3. The molecule has 1 unspecified atom stereocenters. The molecular weight excluding hydrogens is 194 g/mol. The van der Waals surface area contributed by atoms with Crippen LogP contribution in [0.5, 0.6) is 0 Å². The van der Waals surface area contributed by atoms with E-state index in [4.69, 9.17) is 21.2 Å². The molecule has 0 spiro atoms. The number of carbonyl (C=O) groups is 1. The number of nitrogens with zero attached hydrogens (tertiary/aromatic N) is 2. The summed E-state index contributed by atoms with van der Waals surface area (Å²) in [5.41, 5.74) is 3.31. The van der Waals surface area contributed by atoms with E-state index in [0.717, 1.165) is 0 Å². The first-order valence-corrected chi connectivity index (χ1v) is 3.80. The fourth-order valence-corrected chi connectivity index (χ4v) is 1.14. The van der Waals surface area contributed by atoms with Crippen LogP contribution in [0.15, 0.2) is 4.99 Å². The van der Waals surface area contributed by atoms with Crippen molar-refractivity contribution in [3.63, 3.8) is 0 Å². The molecule has 6 N–H and O–H groups in total. The first-order chi connectivity index (χ1) is 6.34. The molecule has 1 aliphatic heterocycles. The van der Waals surface area contributed by atoms with E-state index in [1.54, 1.807) is 0 Å². The Labute approximate surface area is 78.8 Å². The Kier molecular flexibility index (Phi) is 2.60. The molecule has 0 saturated carbocycles. The van der Waals surface area contributed by atoms with Gasteiger partial charge in [-0.25, -0.2) is 5.06 Å². The van der Waals surface area contributed by atoms with Gasteiger partial charge in [-0.3, -0.25) is 10.0 Å². The third-order valence-corrected chi connectivity index (χ3v) is 1.81. The summed E-state index contributed by atoms with van der Waals surface area (Å²) in [6.07, 6.45) is -0.385. The quantitative estimate of drug-likeness (QED) is 0.362. The van der Waals surface area contributed by atoms with E-state index >= 15 is 0 Å². The lowest BCUT2D eigenvalue weighted by molar-refractivity contribution is -0.141. The average Bonchev–Trinajstić information content (AvgIpc) is 2.25. The van der Waals surface area contributed by atoms with Crippen LogP contribution in [0.1, 0.15) is 6.42 Å². The van der Waals surface area contributed by atoms with Crippen LogP contribution in [0.3, 0.4) is 0 Å². The van der Waals surface area contributed by atoms with Crippen LogP contribution in [0.25, 0.3) is 0 Å². The molecule has 14 heavy (non-hydrogen) atoms. The molecule has 0 amide bonds. The summed E-state index contributed by atoms with van der Waals surface area (Å²) < 4.78 is 0. The number of aliphatic hydroxyl groups is 2. The van der Waals surface area contributed by atoms with Crippen molar-refractivity contribution in [2.24, 2.45) is 10.7 Å². The van der Waals surface area contributed by atoms with E-state index < -0.39 is 30.3 Å². The van der Waals surface area contributed by atoms with E-state index in [9.17, 15) is 9.90 Å². The smallest absolute Gasteiger partial charge is 0.320 e. The summed E-state index contributed by atoms with van der Waals surface area (Å²) in [4.78, 5) is 13.7. The van der Waals surface area contributed by atoms with Gasteiger partial charge in [0.1, 0.15) is 6.04 Å². The number of aliphatic imine (C=N–C) groups is 1. The Morgan fingerprint density at radius 2 is 2.36 bits per heavy atom. The van der Waals surface area contributed by atoms with Crippen molar-refractivity contribution in [3.05, 3.63) is 0 Å². The number of amidine groups is 1. The molecule has 1 rings (SSSR count). The van der Waals surface area contributed by atoms with Crippen molar-refractivity contribution in [1.29, 1.82) is 0 Å². The third kappa shape index (κ3) is 2.10. The van der Waals surface area contributed by atoms with Gasteiger partial charge in [0.05, 0.1) is 6.54 Å². The van der Waals surface area contributed by atoms with Crippen LogP contribution >= 0.6 is 0 Å². The van der Waals surface area contributed by atoms with E-state index in [2.05, 4.69) is 4.99 Å². The highest BCUT2D eigenvalue weighted by molar-refractivity contribution is 5.75. The fraction of sp³-hybridized carbons (Fsp3) is 0.667. The predicted octanol–water partition coefficient (Wildman–Crippen LogP) is -1.90. The number of carboxylic acids is 1. The van der Waals surface area contributed by atoms with Gasteiger partial charge in [0, 0.05) is 6.42 Å². The summed E-state index contributed by atoms with van der Waals surface area (Å²) in [6.45, 7) is -0.403. The molecule has 80 valence electrons. The largest absolute Gasteiger partial charge is 0.480 e. The van der Waals surface area contributed by atoms with Crippen molar-refractivity contribution in [3.8, 4) is 0 Å². The van der Waals surface area contributed by atoms with Crippen LogP contribution in [-0.2, 0) is 4.79 Å². The molecule has 0 saturated heterocycles. The van der Waals surface area contributed by atoms with Crippen molar-refractivity contribution in [1.82, 2.24) is 5.06 Å². The number of nitrogens with two attached hydrogens (primary N) is 1. The molecule has 1 heterocycles. The van der Waals surface area contributed by atoms with Crippen LogP contribution in [0, 0.1) is 0 Å². The lowest BCUT2D eigenvalue weighted by Gasteiger charge is -2.20. The second-order valence-corrected chi connectivity index (χ2v) is 3.10. The van der Waals surface area contributed by atoms with Gasteiger partial charge < -0.3 is 21.1 Å². The maximum Gasteiger partial charge on any atom is 0.320 e. The zero-order valence-corrected chi connectivity index (χ0v) is 7.16. The SMILES string of the molecule is N[C@@H](CC1(O)CN(O)C(O)=N1)C(=O)O. The molecular formula is C6H11N3O5. The Hall–Kier alpha value is -1.38. The Morgan fingerprint density at radius 1 is 1.79 bits per heavy atom. The van der Waals surface area contributed by atoms with Crippen molar-refractivity contribution in [2.45, 2.75) is 18.2 Å². The molecule has 0 aromatic carbocycles. The van der Waals surface area contributed by atoms with Crippen LogP contribution in [0.4, 0.5) is 0 Å². The van der Waals surface area contributed by atoms with Crippen LogP contribution in [-0.4, -0.2) is 55.9 Å². The monoisotopic (exact) mass is 205 g/mol. The zero-order valence-electron chi connectivity index (χ0n) is 7.16. The zero-order chi connectivity index (χ0) is 10.9. The van der Waals surface area contributed by atoms with Gasteiger partial charge in [-0.15, -0.1) is 0 Å². The summed E-state index contributed by atoms with van der Waals surface area (Å²) in [5.74, 6) is -1.29. The van der Waals surface area contributed by atoms with Gasteiger partial charge in [0.15, 0.2) is 5.72 Å². The number of hydroxylamine groups is 2. The second-order valence-electron chi connectivity index (χ2n) is 3.10. The number of hydrogen-bond acceptors (Lipinski definition) is 6. The summed E-state index contributed by atoms with van der Waals surface area (Å²) in [7, 11) is 0. The van der Waals surface area contributed by atoms with Crippen LogP contribution < -0.4 is 5.73 Å². The Balaban J connectivity index is 2.66. The lowest BCUT2D eigenvalue weighted by atomic mass is 10.1. The maximum atomic E-state index is 10.4. The fourth-order valence-electron chi connectivity index (χ4n) is 1.14. The van der Waals surface area contributed by atoms with Gasteiger partial charge >= 0.3 is 12.0 Å². The lowest BCUT2D eigenvalue weighted by Crippen LogP contribution is -2.43. The summed E-state index contributed by atoms with van der Waals surface area (Å²) in [5, 5.41) is 36.1. The van der Waals surface area contributed by atoms with E-state index in [0.29, 0.717) is 5.06 Å². The van der Waals surface area contributed by atoms with E-state index in [-0.39, 0.29) is 6.42 Å². The highest BCUT2D eigenvalue weighted by Gasteiger charge is 2.40. The molecule has 0 aromatic rings. The average molecular weight is 205 g/mol. The first-order valence-electron chi connectivity index (χ1n) is 3.80. The number of β-amino-alcohol motifs (C(OH)–C–C–N with tert-alkyl or cyclic N) is 1. The number of hydrogen-bond donors (Lipinski definition) is 5. The molecule has 0 radical (unpaired) electrons. The topological polar surface area (TPSA) is 140 Å². The van der Waals surface area contributed by atoms with Crippen molar-refractivity contribution < 1.29 is 25.3 Å². The van der Waals surface area contributed by atoms with Gasteiger partial charge in [-0.1, -0.05) is 0 Å². The normalized spacial score (nSPS) is 28.8. The predicted molar refractivity (Wildman–Crippen MR) is 43.7 cm³/mol. The van der Waals surface area contributed by atoms with E-state index in [1.807, 2.05) is 0 Å². The van der Waals surface area contributed by atoms with Gasteiger partial charge in [0.2, 0.25) is 0 Å². The molecule has 1 aliphatic rings. The standard InChI is InChI=1S/C6H11N3O5/c7-3(4(10)11)1-6(13)2-9(14)5(12)8-6/h3,13-14H,1-2,7H2,(H,8,12)(H,10,11)/t3-,6?/m0/s1. The van der Waals surface area contributed by atoms with Crippen LogP contribution in [0.2, 0.25) is 0 Å². The molecule has 8 nitrogen and oxygen atoms in total. The Morgan fingerprint density at radius 3 is 2.71 bits per heavy atom.